The Morgan fingerprint density at radius 2 is 1.86 bits per heavy atom. The van der Waals surface area contributed by atoms with Crippen LogP contribution in [0.1, 0.15) is 54.6 Å². The van der Waals surface area contributed by atoms with Gasteiger partial charge in [0, 0.05) is 30.3 Å². The summed E-state index contributed by atoms with van der Waals surface area (Å²) in [5.74, 6) is -0.506. The van der Waals surface area contributed by atoms with Crippen molar-refractivity contribution in [2.24, 2.45) is 0 Å². The summed E-state index contributed by atoms with van der Waals surface area (Å²) in [5, 5.41) is 0. The van der Waals surface area contributed by atoms with Crippen molar-refractivity contribution < 1.29 is 12.8 Å². The number of sulfonamides is 1. The van der Waals surface area contributed by atoms with Crippen LogP contribution < -0.4 is 10.3 Å². The van der Waals surface area contributed by atoms with E-state index < -0.39 is 28.2 Å². The number of benzene rings is 2. The molecule has 1 aliphatic carbocycles. The number of aromatic nitrogens is 1. The summed E-state index contributed by atoms with van der Waals surface area (Å²) in [7, 11) is -3.61. The Kier molecular flexibility index (Phi) is 7.38. The molecule has 3 aromatic rings. The van der Waals surface area contributed by atoms with Gasteiger partial charge in [0.05, 0.1) is 6.26 Å². The number of halogens is 1. The lowest BCUT2D eigenvalue weighted by Crippen LogP contribution is -2.45. The Labute approximate surface area is 206 Å². The van der Waals surface area contributed by atoms with E-state index in [-0.39, 0.29) is 12.0 Å². The molecule has 3 atom stereocenters. The fourth-order valence-electron chi connectivity index (χ4n) is 5.13. The molecule has 1 aromatic heterocycles. The summed E-state index contributed by atoms with van der Waals surface area (Å²) in [5.41, 5.74) is 4.57. The van der Waals surface area contributed by atoms with Crippen LogP contribution in [-0.2, 0) is 23.0 Å². The second-order valence-electron chi connectivity index (χ2n) is 9.03. The quantitative estimate of drug-likeness (QED) is 0.489. The molecule has 1 heterocycles. The van der Waals surface area contributed by atoms with Crippen LogP contribution in [0.5, 0.6) is 0 Å². The third kappa shape index (κ3) is 5.31. The van der Waals surface area contributed by atoms with Gasteiger partial charge in [0.15, 0.2) is 0 Å². The van der Waals surface area contributed by atoms with Gasteiger partial charge >= 0.3 is 0 Å². The molecule has 3 unspecified atom stereocenters. The van der Waals surface area contributed by atoms with Crippen molar-refractivity contribution >= 4 is 16.1 Å². The maximum absolute atomic E-state index is 15.2. The molecular formula is C28H31FN2O3S. The van der Waals surface area contributed by atoms with Crippen LogP contribution in [-0.4, -0.2) is 25.3 Å². The van der Waals surface area contributed by atoms with Crippen LogP contribution in [0.3, 0.4) is 0 Å². The lowest BCUT2D eigenvalue weighted by atomic mass is 9.75. The van der Waals surface area contributed by atoms with Crippen LogP contribution in [0.4, 0.5) is 4.39 Å². The molecule has 0 spiro atoms. The highest BCUT2D eigenvalue weighted by atomic mass is 32.2. The fourth-order valence-corrected chi connectivity index (χ4v) is 5.94. The van der Waals surface area contributed by atoms with E-state index in [1.54, 1.807) is 16.8 Å². The molecule has 1 aliphatic rings. The molecule has 184 valence electrons. The number of aryl methyl sites for hydroxylation is 1. The highest BCUT2D eigenvalue weighted by Crippen LogP contribution is 2.41. The van der Waals surface area contributed by atoms with Crippen LogP contribution in [0, 0.1) is 0 Å². The first-order valence-corrected chi connectivity index (χ1v) is 13.8. The normalized spacial score (nSPS) is 20.2. The van der Waals surface area contributed by atoms with Crippen LogP contribution in [0.25, 0.3) is 17.2 Å². The number of nitrogens with zero attached hydrogens (tertiary/aromatic N) is 1. The molecule has 5 nitrogen and oxygen atoms in total. The largest absolute Gasteiger partial charge is 0.316 e. The first-order chi connectivity index (χ1) is 16.7. The Hall–Kier alpha value is -3.03. The number of fused-ring (bicyclic) bond motifs is 1. The van der Waals surface area contributed by atoms with E-state index in [2.05, 4.69) is 10.8 Å². The predicted molar refractivity (Wildman–Crippen MR) is 140 cm³/mol. The van der Waals surface area contributed by atoms with Crippen molar-refractivity contribution in [1.82, 2.24) is 9.29 Å². The van der Waals surface area contributed by atoms with E-state index >= 15 is 4.39 Å². The van der Waals surface area contributed by atoms with Gasteiger partial charge in [0.1, 0.15) is 6.17 Å². The molecule has 0 saturated heterocycles. The monoisotopic (exact) mass is 494 g/mol. The molecule has 0 fully saturated rings. The summed E-state index contributed by atoms with van der Waals surface area (Å²) in [6.07, 6.45) is 5.67. The van der Waals surface area contributed by atoms with Crippen molar-refractivity contribution in [2.45, 2.75) is 51.4 Å². The van der Waals surface area contributed by atoms with Gasteiger partial charge in [0.25, 0.3) is 5.56 Å². The third-order valence-electron chi connectivity index (χ3n) is 6.65. The van der Waals surface area contributed by atoms with Gasteiger partial charge in [0.2, 0.25) is 10.0 Å². The SMILES string of the molecule is C/C=C/c1c(CC2c3c(ccn(CC)c3=O)C(F)CC2NS(C)(=O)=O)cccc1-c1ccccc1. The fraction of sp³-hybridized carbons (Fsp3) is 0.321. The summed E-state index contributed by atoms with van der Waals surface area (Å²) >= 11 is 0. The highest BCUT2D eigenvalue weighted by Gasteiger charge is 2.39. The molecule has 0 saturated carbocycles. The van der Waals surface area contributed by atoms with Gasteiger partial charge in [-0.3, -0.25) is 4.79 Å². The topological polar surface area (TPSA) is 68.2 Å². The average molecular weight is 495 g/mol. The second kappa shape index (κ2) is 10.3. The maximum atomic E-state index is 15.2. The number of hydrogen-bond acceptors (Lipinski definition) is 3. The number of nitrogens with one attached hydrogen (secondary N) is 1. The molecule has 35 heavy (non-hydrogen) atoms. The Balaban J connectivity index is 1.89. The van der Waals surface area contributed by atoms with Gasteiger partial charge in [-0.1, -0.05) is 60.7 Å². The van der Waals surface area contributed by atoms with Gasteiger partial charge < -0.3 is 4.57 Å². The summed E-state index contributed by atoms with van der Waals surface area (Å²) in [6, 6.07) is 17.0. The summed E-state index contributed by atoms with van der Waals surface area (Å²) in [4.78, 5) is 13.4. The smallest absolute Gasteiger partial charge is 0.254 e. The minimum absolute atomic E-state index is 0.0162. The van der Waals surface area contributed by atoms with E-state index in [0.717, 1.165) is 28.5 Å². The Bertz CT molecular complexity index is 1400. The van der Waals surface area contributed by atoms with Gasteiger partial charge in [-0.2, -0.15) is 0 Å². The van der Waals surface area contributed by atoms with E-state index in [4.69, 9.17) is 0 Å². The minimum Gasteiger partial charge on any atom is -0.316 e. The molecule has 2 aromatic carbocycles. The minimum atomic E-state index is -3.61. The number of pyridine rings is 1. The van der Waals surface area contributed by atoms with Crippen molar-refractivity contribution in [1.29, 1.82) is 0 Å². The van der Waals surface area contributed by atoms with Crippen LogP contribution in [0.2, 0.25) is 0 Å². The lowest BCUT2D eigenvalue weighted by molar-refractivity contribution is 0.253. The third-order valence-corrected chi connectivity index (χ3v) is 7.38. The van der Waals surface area contributed by atoms with Crippen molar-refractivity contribution in [3.63, 3.8) is 0 Å². The molecule has 1 N–H and O–H groups in total. The van der Waals surface area contributed by atoms with Crippen molar-refractivity contribution in [3.05, 3.63) is 99.5 Å². The first-order valence-electron chi connectivity index (χ1n) is 11.9. The van der Waals surface area contributed by atoms with E-state index in [1.807, 2.05) is 68.5 Å². The Morgan fingerprint density at radius 1 is 1.11 bits per heavy atom. The van der Waals surface area contributed by atoms with Crippen LogP contribution >= 0.6 is 0 Å². The molecule has 0 amide bonds. The zero-order valence-electron chi connectivity index (χ0n) is 20.2. The van der Waals surface area contributed by atoms with E-state index in [9.17, 15) is 13.2 Å². The average Bonchev–Trinajstić information content (AvgIpc) is 2.82. The molecule has 4 rings (SSSR count). The zero-order chi connectivity index (χ0) is 25.2. The second-order valence-corrected chi connectivity index (χ2v) is 10.8. The molecule has 0 aliphatic heterocycles. The van der Waals surface area contributed by atoms with Crippen LogP contribution in [0.15, 0.2) is 71.7 Å². The standard InChI is InChI=1S/C28H31FN2O3S/c1-4-10-21-20(13-9-14-22(21)19-11-7-6-8-12-19)17-24-26(30-35(3,33)34)18-25(29)23-15-16-31(5-2)28(32)27(23)24/h4,6-16,24-26,30H,5,17-18H2,1-3H3/b10-4+. The first kappa shape index (κ1) is 25.1. The van der Waals surface area contributed by atoms with Crippen molar-refractivity contribution in [3.8, 4) is 11.1 Å². The van der Waals surface area contributed by atoms with E-state index in [0.29, 0.717) is 24.1 Å². The van der Waals surface area contributed by atoms with Gasteiger partial charge in [-0.25, -0.2) is 17.5 Å². The summed E-state index contributed by atoms with van der Waals surface area (Å²) < 4.78 is 43.8. The molecule has 7 heteroatoms. The number of allylic oxidation sites excluding steroid dienone is 1. The Morgan fingerprint density at radius 3 is 2.51 bits per heavy atom. The lowest BCUT2D eigenvalue weighted by Gasteiger charge is -2.35. The zero-order valence-corrected chi connectivity index (χ0v) is 21.1. The molecule has 0 radical (unpaired) electrons. The highest BCUT2D eigenvalue weighted by molar-refractivity contribution is 7.88. The molecule has 0 bridgehead atoms. The van der Waals surface area contributed by atoms with Gasteiger partial charge in [-0.15, -0.1) is 0 Å². The number of rotatable bonds is 7. The van der Waals surface area contributed by atoms with Crippen molar-refractivity contribution in [2.75, 3.05) is 6.26 Å². The summed E-state index contributed by atoms with van der Waals surface area (Å²) in [6.45, 7) is 4.26. The predicted octanol–water partition coefficient (Wildman–Crippen LogP) is 5.23. The van der Waals surface area contributed by atoms with E-state index in [1.165, 1.54) is 0 Å². The molecular weight excluding hydrogens is 463 g/mol. The maximum Gasteiger partial charge on any atom is 0.254 e. The number of hydrogen-bond donors (Lipinski definition) is 1. The number of alkyl halides is 1. The van der Waals surface area contributed by atoms with Gasteiger partial charge in [-0.05, 0) is 60.6 Å².